The predicted molar refractivity (Wildman–Crippen MR) is 69.3 cm³/mol. The van der Waals surface area contributed by atoms with Gasteiger partial charge in [-0.15, -0.1) is 0 Å². The minimum atomic E-state index is -0.0865. The first-order valence-corrected chi connectivity index (χ1v) is 5.58. The maximum atomic E-state index is 5.89. The Labute approximate surface area is 105 Å². The predicted octanol–water partition coefficient (Wildman–Crippen LogP) is 2.39. The third kappa shape index (κ3) is 3.63. The van der Waals surface area contributed by atoms with Gasteiger partial charge in [0, 0.05) is 12.1 Å². The van der Waals surface area contributed by atoms with Crippen molar-refractivity contribution in [3.05, 3.63) is 28.8 Å². The van der Waals surface area contributed by atoms with E-state index >= 15 is 0 Å². The molecule has 1 aromatic carbocycles. The number of rotatable bonds is 5. The van der Waals surface area contributed by atoms with Crippen molar-refractivity contribution < 1.29 is 9.47 Å². The van der Waals surface area contributed by atoms with E-state index in [1.165, 1.54) is 0 Å². The zero-order valence-electron chi connectivity index (χ0n) is 9.20. The van der Waals surface area contributed by atoms with E-state index in [0.29, 0.717) is 22.9 Å². The van der Waals surface area contributed by atoms with Crippen LogP contribution in [0.3, 0.4) is 0 Å². The largest absolute Gasteiger partial charge is 0.488 e. The molecule has 88 valence electrons. The first-order chi connectivity index (χ1) is 7.54. The lowest BCUT2D eigenvalue weighted by Gasteiger charge is -2.16. The highest BCUT2D eigenvalue weighted by Crippen LogP contribution is 2.24. The van der Waals surface area contributed by atoms with Gasteiger partial charge in [-0.25, -0.2) is 0 Å². The molecule has 1 rings (SSSR count). The fourth-order valence-corrected chi connectivity index (χ4v) is 1.61. The fraction of sp³-hybridized carbons (Fsp3) is 0.364. The molecule has 0 bridgehead atoms. The number of halogens is 1. The van der Waals surface area contributed by atoms with Crippen LogP contribution in [0.1, 0.15) is 12.5 Å². The van der Waals surface area contributed by atoms with E-state index in [1.54, 1.807) is 25.3 Å². The van der Waals surface area contributed by atoms with E-state index in [0.717, 1.165) is 0 Å². The van der Waals surface area contributed by atoms with Gasteiger partial charge >= 0.3 is 0 Å². The van der Waals surface area contributed by atoms with Crippen LogP contribution in [0, 0.1) is 0 Å². The molecule has 0 aliphatic heterocycles. The Morgan fingerprint density at radius 1 is 1.56 bits per heavy atom. The average molecular weight is 260 g/mol. The molecule has 1 atom stereocenters. The maximum Gasteiger partial charge on any atom is 0.131 e. The van der Waals surface area contributed by atoms with Gasteiger partial charge in [0.2, 0.25) is 0 Å². The van der Waals surface area contributed by atoms with Crippen molar-refractivity contribution in [3.63, 3.8) is 0 Å². The van der Waals surface area contributed by atoms with Crippen LogP contribution < -0.4 is 10.5 Å². The Morgan fingerprint density at radius 2 is 2.25 bits per heavy atom. The van der Waals surface area contributed by atoms with Gasteiger partial charge in [-0.2, -0.15) is 0 Å². The van der Waals surface area contributed by atoms with Gasteiger partial charge in [0.05, 0.1) is 12.2 Å². The summed E-state index contributed by atoms with van der Waals surface area (Å²) in [5, 5.41) is 0.583. The van der Waals surface area contributed by atoms with Crippen molar-refractivity contribution in [2.24, 2.45) is 5.73 Å². The smallest absolute Gasteiger partial charge is 0.131 e. The second kappa shape index (κ2) is 6.03. The zero-order valence-corrected chi connectivity index (χ0v) is 10.8. The summed E-state index contributed by atoms with van der Waals surface area (Å²) >= 11 is 10.8. The third-order valence-electron chi connectivity index (χ3n) is 1.94. The molecule has 0 saturated carbocycles. The van der Waals surface area contributed by atoms with Gasteiger partial charge in [0.1, 0.15) is 16.8 Å². The normalized spacial score (nSPS) is 12.2. The Hall–Kier alpha value is -0.840. The van der Waals surface area contributed by atoms with Crippen LogP contribution >= 0.6 is 23.8 Å². The quantitative estimate of drug-likeness (QED) is 0.825. The molecule has 5 heteroatoms. The maximum absolute atomic E-state index is 5.89. The molecule has 0 aliphatic carbocycles. The van der Waals surface area contributed by atoms with Crippen LogP contribution in [0.4, 0.5) is 0 Å². The highest BCUT2D eigenvalue weighted by molar-refractivity contribution is 7.80. The molecule has 3 nitrogen and oxygen atoms in total. The second-order valence-corrected chi connectivity index (χ2v) is 4.26. The van der Waals surface area contributed by atoms with Crippen molar-refractivity contribution in [2.45, 2.75) is 13.0 Å². The van der Waals surface area contributed by atoms with E-state index < -0.39 is 0 Å². The van der Waals surface area contributed by atoms with Crippen molar-refractivity contribution in [3.8, 4) is 5.75 Å². The summed E-state index contributed by atoms with van der Waals surface area (Å²) in [4.78, 5) is 0.288. The number of ether oxygens (including phenoxy) is 2. The number of thiocarbonyl (C=S) groups is 1. The average Bonchev–Trinajstić information content (AvgIpc) is 2.17. The first kappa shape index (κ1) is 13.2. The van der Waals surface area contributed by atoms with E-state index in [-0.39, 0.29) is 11.1 Å². The summed E-state index contributed by atoms with van der Waals surface area (Å²) in [5.74, 6) is 0.588. The molecule has 0 fully saturated rings. The topological polar surface area (TPSA) is 44.5 Å². The summed E-state index contributed by atoms with van der Waals surface area (Å²) in [6.07, 6.45) is -0.0865. The number of methoxy groups -OCH3 is 1. The highest BCUT2D eigenvalue weighted by atomic mass is 35.5. The summed E-state index contributed by atoms with van der Waals surface area (Å²) in [6, 6.07) is 5.17. The molecule has 0 amide bonds. The van der Waals surface area contributed by atoms with Crippen molar-refractivity contribution in [1.29, 1.82) is 0 Å². The van der Waals surface area contributed by atoms with Gasteiger partial charge in [-0.3, -0.25) is 0 Å². The molecule has 1 unspecified atom stereocenters. The lowest BCUT2D eigenvalue weighted by Crippen LogP contribution is -2.20. The van der Waals surface area contributed by atoms with Crippen LogP contribution in [-0.2, 0) is 4.74 Å². The SMILES string of the molecule is COCC(C)Oc1cc(Cl)ccc1C(N)=S. The monoisotopic (exact) mass is 259 g/mol. The number of benzene rings is 1. The van der Waals surface area contributed by atoms with Crippen molar-refractivity contribution >= 4 is 28.8 Å². The van der Waals surface area contributed by atoms with E-state index in [1.807, 2.05) is 6.92 Å². The van der Waals surface area contributed by atoms with Crippen molar-refractivity contribution in [1.82, 2.24) is 0 Å². The van der Waals surface area contributed by atoms with E-state index in [9.17, 15) is 0 Å². The molecule has 1 aromatic rings. The number of hydrogen-bond donors (Lipinski definition) is 1. The standard InChI is InChI=1S/C11H14ClNO2S/c1-7(6-14-2)15-10-5-8(12)3-4-9(10)11(13)16/h3-5,7H,6H2,1-2H3,(H2,13,16). The molecular weight excluding hydrogens is 246 g/mol. The molecule has 0 aromatic heterocycles. The third-order valence-corrected chi connectivity index (χ3v) is 2.39. The Kier molecular flexibility index (Phi) is 4.99. The molecule has 0 heterocycles. The Balaban J connectivity index is 2.92. The highest BCUT2D eigenvalue weighted by Gasteiger charge is 2.10. The molecule has 0 aliphatic rings. The first-order valence-electron chi connectivity index (χ1n) is 4.79. The summed E-state index contributed by atoms with van der Waals surface area (Å²) in [7, 11) is 1.62. The van der Waals surface area contributed by atoms with Gasteiger partial charge in [-0.1, -0.05) is 23.8 Å². The van der Waals surface area contributed by atoms with Crippen LogP contribution in [0.15, 0.2) is 18.2 Å². The van der Waals surface area contributed by atoms with Gasteiger partial charge in [0.15, 0.2) is 0 Å². The lowest BCUT2D eigenvalue weighted by atomic mass is 10.2. The van der Waals surface area contributed by atoms with Gasteiger partial charge in [-0.05, 0) is 25.1 Å². The van der Waals surface area contributed by atoms with Crippen LogP contribution in [0.25, 0.3) is 0 Å². The summed E-state index contributed by atoms with van der Waals surface area (Å²) in [6.45, 7) is 2.39. The van der Waals surface area contributed by atoms with Crippen molar-refractivity contribution in [2.75, 3.05) is 13.7 Å². The minimum absolute atomic E-state index is 0.0865. The Morgan fingerprint density at radius 3 is 2.81 bits per heavy atom. The van der Waals surface area contributed by atoms with Crippen LogP contribution in [0.2, 0.25) is 5.02 Å². The molecule has 2 N–H and O–H groups in total. The van der Waals surface area contributed by atoms with Gasteiger partial charge < -0.3 is 15.2 Å². The molecule has 0 saturated heterocycles. The lowest BCUT2D eigenvalue weighted by molar-refractivity contribution is 0.0920. The second-order valence-electron chi connectivity index (χ2n) is 3.39. The molecule has 0 radical (unpaired) electrons. The number of nitrogens with two attached hydrogens (primary N) is 1. The zero-order chi connectivity index (χ0) is 12.1. The van der Waals surface area contributed by atoms with Crippen LogP contribution in [0.5, 0.6) is 5.75 Å². The summed E-state index contributed by atoms with van der Waals surface area (Å²) in [5.41, 5.74) is 6.27. The molecule has 16 heavy (non-hydrogen) atoms. The minimum Gasteiger partial charge on any atom is -0.488 e. The fourth-order valence-electron chi connectivity index (χ4n) is 1.28. The number of hydrogen-bond acceptors (Lipinski definition) is 3. The van der Waals surface area contributed by atoms with Crippen LogP contribution in [-0.4, -0.2) is 24.8 Å². The summed E-state index contributed by atoms with van der Waals surface area (Å²) < 4.78 is 10.6. The Bertz CT molecular complexity index is 384. The van der Waals surface area contributed by atoms with Gasteiger partial charge in [0.25, 0.3) is 0 Å². The molecular formula is C11H14ClNO2S. The van der Waals surface area contributed by atoms with E-state index in [4.69, 9.17) is 39.0 Å². The molecule has 0 spiro atoms. The van der Waals surface area contributed by atoms with E-state index in [2.05, 4.69) is 0 Å².